The molecular formula is C79H125N10O28P5. The van der Waals surface area contributed by atoms with Crippen molar-refractivity contribution in [2.45, 2.75) is 182 Å². The Morgan fingerprint density at radius 1 is 0.484 bits per heavy atom. The molecule has 2 amide bonds. The number of aliphatic hydroxyl groups excluding tert-OH is 8. The van der Waals surface area contributed by atoms with Gasteiger partial charge in [0, 0.05) is 76.9 Å². The van der Waals surface area contributed by atoms with Crippen LogP contribution in [0.5, 0.6) is 0 Å². The molecule has 3 aromatic rings. The number of rotatable bonds is 28. The summed E-state index contributed by atoms with van der Waals surface area (Å²) >= 11 is 0. The molecule has 38 nitrogen and oxygen atoms in total. The van der Waals surface area contributed by atoms with E-state index in [1.165, 1.54) is 44.0 Å². The van der Waals surface area contributed by atoms with E-state index in [9.17, 15) is 98.4 Å². The Morgan fingerprint density at radius 2 is 0.844 bits per heavy atom. The summed E-state index contributed by atoms with van der Waals surface area (Å²) in [5, 5.41) is 87.8. The Kier molecular flexibility index (Phi) is 36.9. The van der Waals surface area contributed by atoms with E-state index in [-0.39, 0.29) is 29.0 Å². The Hall–Kier alpha value is -7.08. The van der Waals surface area contributed by atoms with Crippen molar-refractivity contribution in [2.24, 2.45) is 7.05 Å². The first kappa shape index (κ1) is 104. The fourth-order valence-corrected chi connectivity index (χ4v) is 18.3. The fourth-order valence-electron chi connectivity index (χ4n) is 13.5. The van der Waals surface area contributed by atoms with Crippen LogP contribution in [0.25, 0.3) is 0 Å². The molecule has 7 aliphatic heterocycles. The highest BCUT2D eigenvalue weighted by atomic mass is 31.2. The van der Waals surface area contributed by atoms with E-state index in [4.69, 9.17) is 33.2 Å². The smallest absolute Gasteiger partial charge is 0.332 e. The minimum absolute atomic E-state index is 0.227. The van der Waals surface area contributed by atoms with Gasteiger partial charge in [-0.2, -0.15) is 0 Å². The number of Topliss-reactive ketones (excluding diaryl/α,β-unsaturated/α-hetero) is 3. The second-order valence-electron chi connectivity index (χ2n) is 34.5. The summed E-state index contributed by atoms with van der Waals surface area (Å²) in [6.07, 6.45) is 17.8. The van der Waals surface area contributed by atoms with Gasteiger partial charge in [-0.25, -0.2) is 14.4 Å². The molecule has 0 aromatic carbocycles. The molecule has 0 spiro atoms. The second-order valence-corrected chi connectivity index (χ2v) is 56.1. The molecule has 0 saturated carbocycles. The third kappa shape index (κ3) is 28.7. The van der Waals surface area contributed by atoms with Gasteiger partial charge < -0.3 is 99.2 Å². The van der Waals surface area contributed by atoms with Crippen LogP contribution >= 0.6 is 34.4 Å². The molecule has 0 aliphatic carbocycles. The summed E-state index contributed by atoms with van der Waals surface area (Å²) in [7, 11) is 4.42. The van der Waals surface area contributed by atoms with Crippen molar-refractivity contribution < 1.29 is 108 Å². The van der Waals surface area contributed by atoms with Crippen LogP contribution in [0.1, 0.15) is 98.7 Å². The predicted octanol–water partition coefficient (Wildman–Crippen LogP) is -0.720. The first-order valence-electron chi connectivity index (χ1n) is 39.1. The number of hydrogen-bond donors (Lipinski definition) is 12. The van der Waals surface area contributed by atoms with Gasteiger partial charge in [0.2, 0.25) is 5.78 Å². The van der Waals surface area contributed by atoms with Crippen LogP contribution in [0.2, 0.25) is 0 Å². The Morgan fingerprint density at radius 3 is 1.23 bits per heavy atom. The fraction of sp³-hybridized carbons (Fsp3) is 0.608. The number of amides is 2. The zero-order chi connectivity index (χ0) is 92.2. The molecule has 684 valence electrons. The van der Waals surface area contributed by atoms with Crippen LogP contribution in [0.4, 0.5) is 0 Å². The zero-order valence-electron chi connectivity index (χ0n) is 72.2. The van der Waals surface area contributed by atoms with E-state index in [2.05, 4.69) is 100 Å². The highest BCUT2D eigenvalue weighted by molar-refractivity contribution is 7.73. The number of aliphatic hydroxyl groups is 8. The number of ketones is 3. The zero-order valence-corrected chi connectivity index (χ0v) is 76.7. The molecule has 0 radical (unpaired) electrons. The topological polar surface area (TPSA) is 522 Å². The number of ether oxygens (including phenoxy) is 8. The van der Waals surface area contributed by atoms with Gasteiger partial charge in [-0.3, -0.25) is 71.4 Å². The monoisotopic (exact) mass is 1820 g/mol. The molecule has 0 bridgehead atoms. The molecule has 10 heterocycles. The van der Waals surface area contributed by atoms with Gasteiger partial charge in [0.1, 0.15) is 84.0 Å². The van der Waals surface area contributed by atoms with E-state index in [1.54, 1.807) is 36.2 Å². The van der Waals surface area contributed by atoms with Gasteiger partial charge in [0.25, 0.3) is 28.5 Å². The highest BCUT2D eigenvalue weighted by Gasteiger charge is 2.51. The summed E-state index contributed by atoms with van der Waals surface area (Å²) in [4.78, 5) is 148. The van der Waals surface area contributed by atoms with Gasteiger partial charge in [-0.1, -0.05) is 13.2 Å². The number of aromatic amines is 2. The predicted molar refractivity (Wildman–Crippen MR) is 476 cm³/mol. The Labute approximate surface area is 708 Å². The summed E-state index contributed by atoms with van der Waals surface area (Å²) < 4.78 is 48.4. The Bertz CT molecular complexity index is 5020. The first-order valence-corrected chi connectivity index (χ1v) is 54.3. The normalized spacial score (nSPS) is 28.5. The number of carbonyl (C=O) groups is 6. The maximum atomic E-state index is 12.3. The van der Waals surface area contributed by atoms with Crippen molar-refractivity contribution in [1.29, 1.82) is 0 Å². The van der Waals surface area contributed by atoms with Gasteiger partial charge >= 0.3 is 23.0 Å². The van der Waals surface area contributed by atoms with Gasteiger partial charge in [-0.15, -0.1) is 65.9 Å². The quantitative estimate of drug-likeness (QED) is 0.0185. The largest absolute Gasteiger partial charge is 0.457 e. The van der Waals surface area contributed by atoms with Crippen LogP contribution in [-0.2, 0) is 64.1 Å². The number of hydrogen-bond acceptors (Lipinski definition) is 30. The number of carbonyl (C=O) groups excluding carboxylic acids is 6. The second kappa shape index (κ2) is 43.4. The van der Waals surface area contributed by atoms with Gasteiger partial charge in [-0.05, 0) is 143 Å². The highest BCUT2D eigenvalue weighted by Crippen LogP contribution is 2.44. The van der Waals surface area contributed by atoms with Crippen LogP contribution in [0.15, 0.2) is 102 Å². The molecule has 43 heteroatoms. The molecule has 12 N–H and O–H groups in total. The first-order chi connectivity index (χ1) is 56.3. The molecule has 20 atom stereocenters. The minimum atomic E-state index is -1.43. The van der Waals surface area contributed by atoms with Crippen molar-refractivity contribution in [2.75, 3.05) is 118 Å². The number of H-pyrrole nitrogens is 2. The average Bonchev–Trinajstić information content (AvgIpc) is 1.62. The third-order valence-electron chi connectivity index (χ3n) is 20.4. The number of nitrogens with one attached hydrogen (secondary N) is 4. The van der Waals surface area contributed by atoms with Crippen molar-refractivity contribution >= 4 is 101 Å². The molecule has 5 fully saturated rings. The third-order valence-corrected chi connectivity index (χ3v) is 27.8. The van der Waals surface area contributed by atoms with Gasteiger partial charge in [0.15, 0.2) is 43.5 Å². The number of nitrogens with zero attached hydrogens (tertiary/aromatic N) is 6. The summed E-state index contributed by atoms with van der Waals surface area (Å²) in [5.74, 6) is -2.40. The van der Waals surface area contributed by atoms with Crippen LogP contribution in [0.3, 0.4) is 0 Å². The van der Waals surface area contributed by atoms with Crippen molar-refractivity contribution in [3.05, 3.63) is 147 Å². The lowest BCUT2D eigenvalue weighted by molar-refractivity contribution is -0.139. The SMILES string of the molecule is C=C1NC(=O)C(C)=CN1[C@@H]1OC(CCP(=C)(C)C)[C@@H](O)[C@H]1O.C=C1NC(=O)C=CN1C1OC(CCP(=C)(C)C)[C@@H](O)[C@H]1OC.C=P(C)(C)CCC1OC(n2cc(C(=O)CC(C)=O)c(=O)[nH]c2=O)[C@H](O)[C@@H]1O.C=P(C)(C)CCC1OC(n2cc(C(=O)COC(C)=O)c(=O)[nH]c2=O)[C@H](O)[C@@H]1O.C=P(C)(C)CCC1OC(n2ccc(=O)n(C)c2=O)[C@H](OC)[C@@H]1O. The van der Waals surface area contributed by atoms with E-state index >= 15 is 0 Å². The van der Waals surface area contributed by atoms with Crippen LogP contribution < -0.4 is 44.4 Å². The molecule has 122 heavy (non-hydrogen) atoms. The molecule has 3 aromatic heterocycles. The van der Waals surface area contributed by atoms with E-state index in [0.29, 0.717) is 49.1 Å². The van der Waals surface area contributed by atoms with Gasteiger partial charge in [0.05, 0.1) is 42.5 Å². The van der Waals surface area contributed by atoms with Crippen molar-refractivity contribution in [1.82, 2.24) is 48.7 Å². The van der Waals surface area contributed by atoms with Crippen molar-refractivity contribution in [3.8, 4) is 0 Å². The number of esters is 1. The summed E-state index contributed by atoms with van der Waals surface area (Å²) in [5.41, 5.74) is -4.88. The summed E-state index contributed by atoms with van der Waals surface area (Å²) in [6, 6.07) is 1.29. The number of aromatic nitrogens is 6. The van der Waals surface area contributed by atoms with E-state index in [1.807, 2.05) is 36.6 Å². The van der Waals surface area contributed by atoms with E-state index in [0.717, 1.165) is 64.1 Å². The minimum Gasteiger partial charge on any atom is -0.457 e. The van der Waals surface area contributed by atoms with Crippen molar-refractivity contribution in [3.63, 3.8) is 0 Å². The molecule has 7 aliphatic rings. The number of methoxy groups -OCH3 is 2. The lowest BCUT2D eigenvalue weighted by Gasteiger charge is -2.34. The lowest BCUT2D eigenvalue weighted by Crippen LogP contribution is -2.47. The molecule has 5 saturated heterocycles. The molecule has 9 unspecified atom stereocenters. The molecular weight excluding hydrogens is 1690 g/mol. The van der Waals surface area contributed by atoms with Crippen LogP contribution in [-0.4, -0.2) is 368 Å². The average molecular weight is 1820 g/mol. The van der Waals surface area contributed by atoms with Crippen LogP contribution in [0, 0.1) is 0 Å². The maximum absolute atomic E-state index is 12.3. The van der Waals surface area contributed by atoms with E-state index < -0.39 is 221 Å². The Balaban J connectivity index is 0.000000237. The maximum Gasteiger partial charge on any atom is 0.332 e. The standard InChI is InChI=1S/C17H25N2O8P.C17H25N2O7P.C15H25N2O5P.2C15H25N2O4P/c1-9(20)26-8-11(21)10-7-19(17(25)18-15(10)24)16-14(23)13(22)12(27-16)5-6-28(2,3)4;1-9(20)7-11(21)10-8-19(17(25)18-15(10)24)16-14(23)13(22)12(26-16)5-6-27(2,3)4;1-16-11(18)6-8-17(15(16)20)14-13(21-2)12(19)10(22-14)7-9-23(3,4)5;1-10-16-12(18)6-8-17(10)15-14(20-2)13(19)11(21-15)7-9-22(3,4)5;1-9-8-17(10(2)16-14(9)20)15-13(19)12(18)11(21-15)6-7-22(3,4)5/h7,12-14,16,22-23H,2,5-6,8H2,1,3-4H3,(H,18,24,25);8,12-14,16,22-23H,2,5-7H2,1,3-4H3,(H,18,24,25);6,8,10,12-14,19H,3,7,9H2,1-2,4-5H3;6,8,11,13-15,19H,1,3,7,9H2,2,4-5H3,(H,16,18);8,11-13,15,18-19H,2-3,6-7H2,1,4-5H3,(H,16,20)/t2*12?,13-,14-,16?;10?,12-,13-,14?;11?,13-,14-,15?;11?,12-,13-,15-/m11111/s1. The lowest BCUT2D eigenvalue weighted by atomic mass is 10.1. The summed E-state index contributed by atoms with van der Waals surface area (Å²) in [6.45, 7) is 25.4. The molecule has 10 rings (SSSR count).